The van der Waals surface area contributed by atoms with Gasteiger partial charge in [-0.25, -0.2) is 4.98 Å². The summed E-state index contributed by atoms with van der Waals surface area (Å²) in [6.07, 6.45) is 1.30. The highest BCUT2D eigenvalue weighted by Crippen LogP contribution is 1.82. The lowest BCUT2D eigenvalue weighted by atomic mass is 10.5. The van der Waals surface area contributed by atoms with Crippen LogP contribution < -0.4 is 10.9 Å². The van der Waals surface area contributed by atoms with Crippen LogP contribution in [0.4, 0.5) is 0 Å². The maximum absolute atomic E-state index is 11.1. The van der Waals surface area contributed by atoms with Gasteiger partial charge in [-0.1, -0.05) is 0 Å². The fourth-order valence-electron chi connectivity index (χ4n) is 0.730. The first-order valence-electron chi connectivity index (χ1n) is 3.57. The first-order chi connectivity index (χ1) is 5.74. The summed E-state index contributed by atoms with van der Waals surface area (Å²) in [4.78, 5) is 27.8. The van der Waals surface area contributed by atoms with E-state index in [-0.39, 0.29) is 17.3 Å². The fraction of sp³-hybridized carbons (Fsp3) is 0.286. The molecular weight excluding hydrogens is 158 g/mol. The zero-order valence-electron chi connectivity index (χ0n) is 6.63. The monoisotopic (exact) mass is 167 g/mol. The molecule has 0 aliphatic carbocycles. The molecule has 0 saturated heterocycles. The lowest BCUT2D eigenvalue weighted by molar-refractivity contribution is 0.0945. The summed E-state index contributed by atoms with van der Waals surface area (Å²) >= 11 is 0. The maximum Gasteiger partial charge on any atom is 0.287 e. The Bertz CT molecular complexity index is 331. The van der Waals surface area contributed by atoms with Crippen LogP contribution in [0.1, 0.15) is 17.5 Å². The molecule has 5 nitrogen and oxygen atoms in total. The molecule has 0 bridgehead atoms. The predicted octanol–water partition coefficient (Wildman–Crippen LogP) is -0.480. The lowest BCUT2D eigenvalue weighted by Gasteiger charge is -1.98. The van der Waals surface area contributed by atoms with E-state index in [1.54, 1.807) is 6.92 Å². The average molecular weight is 167 g/mol. The largest absolute Gasteiger partial charge is 0.350 e. The highest BCUT2D eigenvalue weighted by atomic mass is 16.2. The summed E-state index contributed by atoms with van der Waals surface area (Å²) in [5.74, 6) is -0.320. The summed E-state index contributed by atoms with van der Waals surface area (Å²) in [6, 6.07) is 1.25. The zero-order valence-corrected chi connectivity index (χ0v) is 6.63. The molecule has 0 aliphatic rings. The van der Waals surface area contributed by atoms with Crippen LogP contribution >= 0.6 is 0 Å². The van der Waals surface area contributed by atoms with Gasteiger partial charge in [-0.15, -0.1) is 0 Å². The van der Waals surface area contributed by atoms with Crippen molar-refractivity contribution in [3.8, 4) is 0 Å². The Morgan fingerprint density at radius 3 is 3.08 bits per heavy atom. The van der Waals surface area contributed by atoms with Crippen molar-refractivity contribution in [1.82, 2.24) is 15.3 Å². The summed E-state index contributed by atoms with van der Waals surface area (Å²) in [5.41, 5.74) is -0.328. The first kappa shape index (κ1) is 8.45. The third-order valence-corrected chi connectivity index (χ3v) is 1.22. The number of rotatable bonds is 2. The van der Waals surface area contributed by atoms with Crippen LogP contribution in [0.15, 0.2) is 17.1 Å². The fourth-order valence-corrected chi connectivity index (χ4v) is 0.730. The molecule has 0 aliphatic heterocycles. The molecule has 0 unspecified atom stereocenters. The third-order valence-electron chi connectivity index (χ3n) is 1.22. The summed E-state index contributed by atoms with van der Waals surface area (Å²) in [6.45, 7) is 2.30. The number of nitrogens with zero attached hydrogens (tertiary/aromatic N) is 1. The van der Waals surface area contributed by atoms with E-state index in [1.165, 1.54) is 12.3 Å². The number of hydrogen-bond donors (Lipinski definition) is 2. The zero-order chi connectivity index (χ0) is 8.97. The van der Waals surface area contributed by atoms with E-state index in [4.69, 9.17) is 0 Å². The molecule has 0 atom stereocenters. The van der Waals surface area contributed by atoms with Crippen molar-refractivity contribution in [2.75, 3.05) is 6.54 Å². The van der Waals surface area contributed by atoms with E-state index in [1.807, 2.05) is 0 Å². The normalized spacial score (nSPS) is 9.42. The van der Waals surface area contributed by atoms with Gasteiger partial charge in [0.2, 0.25) is 0 Å². The van der Waals surface area contributed by atoms with Gasteiger partial charge < -0.3 is 10.3 Å². The number of carbonyl (C=O) groups is 1. The van der Waals surface area contributed by atoms with E-state index >= 15 is 0 Å². The second-order valence-corrected chi connectivity index (χ2v) is 2.14. The van der Waals surface area contributed by atoms with Gasteiger partial charge >= 0.3 is 0 Å². The molecule has 2 N–H and O–H groups in total. The van der Waals surface area contributed by atoms with Gasteiger partial charge in [-0.3, -0.25) is 9.59 Å². The minimum absolute atomic E-state index is 0.0457. The SMILES string of the molecule is CCNC(=O)c1nccc(=O)[nH]1. The minimum Gasteiger partial charge on any atom is -0.350 e. The van der Waals surface area contributed by atoms with Crippen LogP contribution in [0, 0.1) is 0 Å². The van der Waals surface area contributed by atoms with Gasteiger partial charge in [0.1, 0.15) is 0 Å². The standard InChI is InChI=1S/C7H9N3O2/c1-2-8-7(12)6-9-4-3-5(11)10-6/h3-4H,2H2,1H3,(H,8,12)(H,9,10,11). The molecule has 0 radical (unpaired) electrons. The van der Waals surface area contributed by atoms with Gasteiger partial charge in [0.25, 0.3) is 11.5 Å². The van der Waals surface area contributed by atoms with Gasteiger partial charge in [0, 0.05) is 18.8 Å². The van der Waals surface area contributed by atoms with Crippen LogP contribution in [0.2, 0.25) is 0 Å². The Labute approximate surface area is 68.8 Å². The molecule has 12 heavy (non-hydrogen) atoms. The molecule has 0 spiro atoms. The Morgan fingerprint density at radius 1 is 1.75 bits per heavy atom. The van der Waals surface area contributed by atoms with E-state index < -0.39 is 0 Å². The predicted molar refractivity (Wildman–Crippen MR) is 42.9 cm³/mol. The van der Waals surface area contributed by atoms with Gasteiger partial charge in [-0.05, 0) is 6.92 Å². The van der Waals surface area contributed by atoms with Crippen molar-refractivity contribution in [1.29, 1.82) is 0 Å². The van der Waals surface area contributed by atoms with Crippen LogP contribution in [-0.2, 0) is 0 Å². The number of hydrogen-bond acceptors (Lipinski definition) is 3. The molecule has 1 amide bonds. The van der Waals surface area contributed by atoms with Crippen LogP contribution in [0.3, 0.4) is 0 Å². The van der Waals surface area contributed by atoms with E-state index in [2.05, 4.69) is 15.3 Å². The van der Waals surface area contributed by atoms with Crippen LogP contribution in [-0.4, -0.2) is 22.4 Å². The topological polar surface area (TPSA) is 74.8 Å². The molecule has 0 fully saturated rings. The molecule has 1 aromatic heterocycles. The average Bonchev–Trinajstić information content (AvgIpc) is 2.05. The number of nitrogens with one attached hydrogen (secondary N) is 2. The van der Waals surface area contributed by atoms with Crippen molar-refractivity contribution in [3.05, 3.63) is 28.4 Å². The third kappa shape index (κ3) is 1.91. The molecule has 0 saturated carbocycles. The second kappa shape index (κ2) is 3.66. The molecule has 0 aromatic carbocycles. The molecule has 5 heteroatoms. The number of aromatic nitrogens is 2. The summed E-state index contributed by atoms with van der Waals surface area (Å²) in [5, 5.41) is 2.52. The Morgan fingerprint density at radius 2 is 2.50 bits per heavy atom. The lowest BCUT2D eigenvalue weighted by Crippen LogP contribution is -2.26. The quantitative estimate of drug-likeness (QED) is 0.624. The molecule has 1 aromatic rings. The van der Waals surface area contributed by atoms with Gasteiger partial charge in [-0.2, -0.15) is 0 Å². The van der Waals surface area contributed by atoms with Crippen LogP contribution in [0.5, 0.6) is 0 Å². The van der Waals surface area contributed by atoms with E-state index in [9.17, 15) is 9.59 Å². The van der Waals surface area contributed by atoms with Crippen molar-refractivity contribution in [2.45, 2.75) is 6.92 Å². The summed E-state index contributed by atoms with van der Waals surface area (Å²) in [7, 11) is 0. The highest BCUT2D eigenvalue weighted by Gasteiger charge is 2.04. The van der Waals surface area contributed by atoms with Crippen molar-refractivity contribution >= 4 is 5.91 Å². The van der Waals surface area contributed by atoms with E-state index in [0.717, 1.165) is 0 Å². The highest BCUT2D eigenvalue weighted by molar-refractivity contribution is 5.90. The van der Waals surface area contributed by atoms with Gasteiger partial charge in [0.05, 0.1) is 0 Å². The Hall–Kier alpha value is -1.65. The number of amides is 1. The summed E-state index contributed by atoms with van der Waals surface area (Å²) < 4.78 is 0. The second-order valence-electron chi connectivity index (χ2n) is 2.14. The molecule has 1 rings (SSSR count). The van der Waals surface area contributed by atoms with E-state index in [0.29, 0.717) is 6.54 Å². The number of aromatic amines is 1. The van der Waals surface area contributed by atoms with Crippen molar-refractivity contribution in [2.24, 2.45) is 0 Å². The Balaban J connectivity index is 2.88. The van der Waals surface area contributed by atoms with Crippen molar-refractivity contribution < 1.29 is 4.79 Å². The number of carbonyl (C=O) groups excluding carboxylic acids is 1. The molecular formula is C7H9N3O2. The number of H-pyrrole nitrogens is 1. The first-order valence-corrected chi connectivity index (χ1v) is 3.57. The molecule has 1 heterocycles. The maximum atomic E-state index is 11.1. The van der Waals surface area contributed by atoms with Crippen LogP contribution in [0.25, 0.3) is 0 Å². The van der Waals surface area contributed by atoms with Crippen molar-refractivity contribution in [3.63, 3.8) is 0 Å². The Kier molecular flexibility index (Phi) is 2.57. The van der Waals surface area contributed by atoms with Gasteiger partial charge in [0.15, 0.2) is 5.82 Å². The smallest absolute Gasteiger partial charge is 0.287 e. The minimum atomic E-state index is -0.366. The molecule has 64 valence electrons.